The Morgan fingerprint density at radius 2 is 2.20 bits per heavy atom. The summed E-state index contributed by atoms with van der Waals surface area (Å²) in [6.45, 7) is 5.49. The van der Waals surface area contributed by atoms with Crippen molar-refractivity contribution in [1.29, 1.82) is 0 Å². The van der Waals surface area contributed by atoms with Crippen LogP contribution < -0.4 is 14.8 Å². The van der Waals surface area contributed by atoms with Crippen LogP contribution in [0.5, 0.6) is 11.5 Å². The second-order valence-corrected chi connectivity index (χ2v) is 5.70. The molecule has 0 saturated carbocycles. The molecule has 4 nitrogen and oxygen atoms in total. The van der Waals surface area contributed by atoms with E-state index in [-0.39, 0.29) is 0 Å². The molecule has 0 amide bonds. The number of hydrogen-bond donors (Lipinski definition) is 1. The number of nitrogens with zero attached hydrogens (tertiary/aromatic N) is 1. The first kappa shape index (κ1) is 14.8. The van der Waals surface area contributed by atoms with E-state index >= 15 is 0 Å². The van der Waals surface area contributed by atoms with E-state index in [0.29, 0.717) is 12.6 Å². The maximum atomic E-state index is 5.87. The third-order valence-corrected chi connectivity index (χ3v) is 3.56. The molecule has 0 aliphatic rings. The lowest BCUT2D eigenvalue weighted by Crippen LogP contribution is -2.22. The molecule has 1 aromatic heterocycles. The fraction of sp³-hybridized carbons (Fsp3) is 0.400. The van der Waals surface area contributed by atoms with Gasteiger partial charge in [0, 0.05) is 29.7 Å². The standard InChI is InChI=1S/C15H20N2O2S/c1-11(2)17-9-12-8-13(18-3)4-5-14(12)19-10-15-16-6-7-20-15/h4-8,11,17H,9-10H2,1-3H3. The van der Waals surface area contributed by atoms with Crippen LogP contribution >= 0.6 is 11.3 Å². The molecule has 1 N–H and O–H groups in total. The highest BCUT2D eigenvalue weighted by Crippen LogP contribution is 2.25. The highest BCUT2D eigenvalue weighted by atomic mass is 32.1. The maximum Gasteiger partial charge on any atom is 0.140 e. The summed E-state index contributed by atoms with van der Waals surface area (Å²) < 4.78 is 11.1. The number of thiazole rings is 1. The van der Waals surface area contributed by atoms with Gasteiger partial charge in [-0.05, 0) is 18.2 Å². The molecule has 0 radical (unpaired) electrons. The molecule has 5 heteroatoms. The summed E-state index contributed by atoms with van der Waals surface area (Å²) in [5.74, 6) is 1.71. The van der Waals surface area contributed by atoms with Crippen molar-refractivity contribution in [2.24, 2.45) is 0 Å². The predicted octanol–water partition coefficient (Wildman–Crippen LogP) is 3.23. The first-order chi connectivity index (χ1) is 9.69. The van der Waals surface area contributed by atoms with Crippen LogP contribution in [0.3, 0.4) is 0 Å². The van der Waals surface area contributed by atoms with Gasteiger partial charge in [-0.15, -0.1) is 11.3 Å². The van der Waals surface area contributed by atoms with Crippen molar-refractivity contribution in [1.82, 2.24) is 10.3 Å². The van der Waals surface area contributed by atoms with E-state index in [9.17, 15) is 0 Å². The van der Waals surface area contributed by atoms with Crippen molar-refractivity contribution in [3.8, 4) is 11.5 Å². The Morgan fingerprint density at radius 3 is 2.85 bits per heavy atom. The molecule has 2 aromatic rings. The Bertz CT molecular complexity index is 527. The number of ether oxygens (including phenoxy) is 2. The maximum absolute atomic E-state index is 5.87. The SMILES string of the molecule is COc1ccc(OCc2nccs2)c(CNC(C)C)c1. The van der Waals surface area contributed by atoms with Crippen LogP contribution in [0.4, 0.5) is 0 Å². The van der Waals surface area contributed by atoms with Crippen LogP contribution in [0.2, 0.25) is 0 Å². The minimum absolute atomic E-state index is 0.424. The van der Waals surface area contributed by atoms with Crippen LogP contribution in [-0.4, -0.2) is 18.1 Å². The Balaban J connectivity index is 2.08. The third kappa shape index (κ3) is 4.21. The number of hydrogen-bond acceptors (Lipinski definition) is 5. The van der Waals surface area contributed by atoms with E-state index in [1.165, 1.54) is 0 Å². The van der Waals surface area contributed by atoms with Gasteiger partial charge < -0.3 is 14.8 Å². The van der Waals surface area contributed by atoms with Crippen LogP contribution in [0, 0.1) is 0 Å². The lowest BCUT2D eigenvalue weighted by atomic mass is 10.1. The highest BCUT2D eigenvalue weighted by Gasteiger charge is 2.07. The summed E-state index contributed by atoms with van der Waals surface area (Å²) in [7, 11) is 1.67. The zero-order valence-corrected chi connectivity index (χ0v) is 12.9. The highest BCUT2D eigenvalue weighted by molar-refractivity contribution is 7.09. The van der Waals surface area contributed by atoms with Gasteiger partial charge in [0.2, 0.25) is 0 Å². The lowest BCUT2D eigenvalue weighted by Gasteiger charge is -2.14. The van der Waals surface area contributed by atoms with Gasteiger partial charge in [0.15, 0.2) is 0 Å². The first-order valence-corrected chi connectivity index (χ1v) is 7.48. The zero-order valence-electron chi connectivity index (χ0n) is 12.1. The molecular weight excluding hydrogens is 272 g/mol. The number of nitrogens with one attached hydrogen (secondary N) is 1. The van der Waals surface area contributed by atoms with E-state index in [0.717, 1.165) is 28.6 Å². The van der Waals surface area contributed by atoms with E-state index in [2.05, 4.69) is 24.1 Å². The predicted molar refractivity (Wildman–Crippen MR) is 81.4 cm³/mol. The molecule has 1 aromatic carbocycles. The number of benzene rings is 1. The van der Waals surface area contributed by atoms with Crippen molar-refractivity contribution in [3.63, 3.8) is 0 Å². The minimum Gasteiger partial charge on any atom is -0.497 e. The quantitative estimate of drug-likeness (QED) is 0.851. The van der Waals surface area contributed by atoms with E-state index in [1.54, 1.807) is 24.6 Å². The van der Waals surface area contributed by atoms with Gasteiger partial charge >= 0.3 is 0 Å². The van der Waals surface area contributed by atoms with Crippen molar-refractivity contribution in [2.45, 2.75) is 33.0 Å². The number of rotatable bonds is 7. The molecule has 0 saturated heterocycles. The van der Waals surface area contributed by atoms with Crippen LogP contribution in [0.25, 0.3) is 0 Å². The van der Waals surface area contributed by atoms with Crippen LogP contribution in [0.15, 0.2) is 29.8 Å². The average molecular weight is 292 g/mol. The van der Waals surface area contributed by atoms with E-state index in [1.807, 2.05) is 23.6 Å². The fourth-order valence-corrected chi connectivity index (χ4v) is 2.27. The van der Waals surface area contributed by atoms with Crippen LogP contribution in [0.1, 0.15) is 24.4 Å². The molecule has 0 unspecified atom stereocenters. The average Bonchev–Trinajstić information content (AvgIpc) is 2.96. The Morgan fingerprint density at radius 1 is 1.35 bits per heavy atom. The second-order valence-electron chi connectivity index (χ2n) is 4.72. The van der Waals surface area contributed by atoms with Crippen LogP contribution in [-0.2, 0) is 13.2 Å². The number of methoxy groups -OCH3 is 1. The van der Waals surface area contributed by atoms with Gasteiger partial charge in [-0.1, -0.05) is 13.8 Å². The Kier molecular flexibility index (Phi) is 5.38. The topological polar surface area (TPSA) is 43.4 Å². The molecule has 0 aliphatic heterocycles. The summed E-state index contributed by atoms with van der Waals surface area (Å²) in [6.07, 6.45) is 1.79. The molecule has 0 atom stereocenters. The molecular formula is C15H20N2O2S. The molecule has 0 spiro atoms. The van der Waals surface area contributed by atoms with Gasteiger partial charge in [-0.3, -0.25) is 0 Å². The molecule has 0 aliphatic carbocycles. The zero-order chi connectivity index (χ0) is 14.4. The van der Waals surface area contributed by atoms with Crippen molar-refractivity contribution in [3.05, 3.63) is 40.3 Å². The Hall–Kier alpha value is -1.59. The number of aromatic nitrogens is 1. The normalized spacial score (nSPS) is 10.8. The molecule has 2 rings (SSSR count). The van der Waals surface area contributed by atoms with Gasteiger partial charge in [-0.25, -0.2) is 4.98 Å². The van der Waals surface area contributed by atoms with Gasteiger partial charge in [0.1, 0.15) is 23.1 Å². The minimum atomic E-state index is 0.424. The van der Waals surface area contributed by atoms with Gasteiger partial charge in [-0.2, -0.15) is 0 Å². The smallest absolute Gasteiger partial charge is 0.140 e. The molecule has 0 bridgehead atoms. The van der Waals surface area contributed by atoms with Crippen molar-refractivity contribution in [2.75, 3.05) is 7.11 Å². The van der Waals surface area contributed by atoms with E-state index in [4.69, 9.17) is 9.47 Å². The molecule has 108 valence electrons. The Labute approximate surface area is 123 Å². The summed E-state index contributed by atoms with van der Waals surface area (Å²) in [5.41, 5.74) is 1.09. The lowest BCUT2D eigenvalue weighted by molar-refractivity contribution is 0.300. The first-order valence-electron chi connectivity index (χ1n) is 6.60. The molecule has 20 heavy (non-hydrogen) atoms. The fourth-order valence-electron chi connectivity index (χ4n) is 1.74. The monoisotopic (exact) mass is 292 g/mol. The second kappa shape index (κ2) is 7.26. The molecule has 0 fully saturated rings. The summed E-state index contributed by atoms with van der Waals surface area (Å²) in [6, 6.07) is 6.29. The van der Waals surface area contributed by atoms with Crippen molar-refractivity contribution < 1.29 is 9.47 Å². The third-order valence-electron chi connectivity index (χ3n) is 2.80. The van der Waals surface area contributed by atoms with Gasteiger partial charge in [0.05, 0.1) is 7.11 Å². The van der Waals surface area contributed by atoms with Crippen molar-refractivity contribution >= 4 is 11.3 Å². The van der Waals surface area contributed by atoms with E-state index < -0.39 is 0 Å². The summed E-state index contributed by atoms with van der Waals surface area (Å²) in [4.78, 5) is 4.22. The largest absolute Gasteiger partial charge is 0.497 e. The van der Waals surface area contributed by atoms with Gasteiger partial charge in [0.25, 0.3) is 0 Å². The molecule has 1 heterocycles. The summed E-state index contributed by atoms with van der Waals surface area (Å²) >= 11 is 1.60. The summed E-state index contributed by atoms with van der Waals surface area (Å²) in [5, 5.41) is 6.33.